The Morgan fingerprint density at radius 2 is 0.688 bits per heavy atom. The first-order chi connectivity index (χ1) is 54.0. The summed E-state index contributed by atoms with van der Waals surface area (Å²) in [5, 5.41) is 0. The molecule has 0 saturated carbocycles. The summed E-state index contributed by atoms with van der Waals surface area (Å²) in [6.07, 6.45) is -6.01. The van der Waals surface area contributed by atoms with Gasteiger partial charge in [-0.25, -0.2) is 59.8 Å². The maximum atomic E-state index is 12.8. The zero-order chi connectivity index (χ0) is 87.5. The molecule has 3 aromatic carbocycles. The largest absolute Gasteiger partial charge is 0.473 e. The molecule has 36 heteroatoms. The van der Waals surface area contributed by atoms with Crippen LogP contribution in [0.25, 0.3) is 33.4 Å². The first-order valence-electron chi connectivity index (χ1n) is 37.8. The molecule has 0 fully saturated rings. The summed E-state index contributed by atoms with van der Waals surface area (Å²) < 4.78 is 288. The average molecular weight is 1590 g/mol. The van der Waals surface area contributed by atoms with Crippen LogP contribution in [0.1, 0.15) is 85.5 Å². The van der Waals surface area contributed by atoms with Gasteiger partial charge in [0.2, 0.25) is 17.6 Å². The predicted octanol–water partition coefficient (Wildman–Crippen LogP) is 9.36. The molecule has 0 aliphatic carbocycles. The number of rotatable bonds is 33. The van der Waals surface area contributed by atoms with Crippen molar-refractivity contribution in [1.29, 1.82) is 0 Å². The van der Waals surface area contributed by atoms with E-state index in [0.29, 0.717) is 20.9 Å². The minimum absolute atomic E-state index is 0.0114. The van der Waals surface area contributed by atoms with Crippen LogP contribution >= 0.6 is 47.8 Å². The van der Waals surface area contributed by atoms with Gasteiger partial charge in [-0.05, 0) is 110 Å². The molecule has 0 bridgehead atoms. The molecule has 0 aliphatic heterocycles. The Morgan fingerprint density at radius 3 is 0.969 bits per heavy atom. The molecule has 510 valence electrons. The zero-order valence-corrected chi connectivity index (χ0v) is 58.0. The topological polar surface area (TPSA) is 385 Å². The number of anilines is 3. The van der Waals surface area contributed by atoms with E-state index in [-0.39, 0.29) is 106 Å². The second-order valence-corrected chi connectivity index (χ2v) is 25.1. The SMILES string of the molecule is [2H]c1nc(NS(=O)(=O)NC([2H])([2H])C([2H])([2H])C)c(-c2ccc(Br)cc2)c(OC([2H])([2H])COc2nc([2H])c(C)c([2H])n2)n1.[2H]c1nc(NS(=O)(=O)NC([2H])([2H])CC)c(-c2ccc(Br)cc2)c(OC([2H])([2H])COc2nc([2H])c(C)c([2H])n2)n1.[2H]c1nc(NS(=O)(=O)NCCC)c(-c2ccc(Br)cc2)c(OC([2H])([2H])COc2nc([2H])c(C)c([2H])n2)n1. The van der Waals surface area contributed by atoms with Crippen LogP contribution < -0.4 is 56.8 Å². The molecule has 0 atom stereocenters. The molecular weight excluding hydrogens is 1500 g/mol. The van der Waals surface area contributed by atoms with Crippen molar-refractivity contribution < 1.29 is 82.5 Å². The minimum Gasteiger partial charge on any atom is -0.473 e. The third-order valence-corrected chi connectivity index (χ3v) is 15.2. The Balaban J connectivity index is 0.000000243. The van der Waals surface area contributed by atoms with Crippen LogP contribution in [0.5, 0.6) is 35.7 Å². The summed E-state index contributed by atoms with van der Waals surface area (Å²) in [4.78, 5) is 45.4. The minimum atomic E-state index is -4.87. The molecule has 6 aromatic heterocycles. The van der Waals surface area contributed by atoms with Gasteiger partial charge in [0.1, 0.15) is 62.5 Å². The normalized spacial score (nSPS) is 15.3. The van der Waals surface area contributed by atoms with Crippen LogP contribution in [-0.4, -0.2) is 144 Å². The number of ether oxygens (including phenoxy) is 6. The summed E-state index contributed by atoms with van der Waals surface area (Å²) >= 11 is 9.88. The second-order valence-electron chi connectivity index (χ2n) is 18.1. The number of benzene rings is 3. The van der Waals surface area contributed by atoms with Crippen LogP contribution in [0, 0.1) is 20.8 Å². The maximum absolute atomic E-state index is 12.8. The molecule has 0 unspecified atom stereocenters. The third-order valence-electron chi connectivity index (χ3n) is 10.8. The molecule has 0 amide bonds. The van der Waals surface area contributed by atoms with Gasteiger partial charge in [0.25, 0.3) is 30.6 Å². The molecular formula is C60H69Br3N18O12S3. The lowest BCUT2D eigenvalue weighted by atomic mass is 10.1. The molecule has 30 nitrogen and oxygen atoms in total. The highest BCUT2D eigenvalue weighted by atomic mass is 79.9. The van der Waals surface area contributed by atoms with Crippen molar-refractivity contribution >= 4 is 95.9 Å². The fourth-order valence-electron chi connectivity index (χ4n) is 6.77. The standard InChI is InChI=1S/3C20H23BrN6O4S/c3*1-3-8-26-32(28,29)27-18-17(15-4-6-16(21)7-5-15)19(25-13-24-18)30-9-10-31-20-22-11-14(2)12-23-20/h3*4-7,11-13,26H,3,8-10H2,1-2H3,(H,24,25,27)/i3D2,8D2,9D2,11D,12D,13D;8D2,9D2,11D,12D,13D;9D2,11D,12D,13D. The van der Waals surface area contributed by atoms with Gasteiger partial charge in [0, 0.05) is 78.2 Å². The summed E-state index contributed by atoms with van der Waals surface area (Å²) in [5.74, 6) is -2.90. The van der Waals surface area contributed by atoms with Crippen molar-refractivity contribution in [3.05, 3.63) is 159 Å². The predicted molar refractivity (Wildman–Crippen MR) is 371 cm³/mol. The maximum Gasteiger partial charge on any atom is 0.316 e. The van der Waals surface area contributed by atoms with E-state index < -0.39 is 150 Å². The Hall–Kier alpha value is -8.49. The van der Waals surface area contributed by atoms with E-state index in [1.165, 1.54) is 52.0 Å². The van der Waals surface area contributed by atoms with E-state index in [2.05, 4.69) is 122 Å². The Labute approximate surface area is 611 Å². The molecule has 9 rings (SSSR count). The van der Waals surface area contributed by atoms with E-state index in [9.17, 15) is 25.3 Å². The number of aromatic nitrogens is 12. The van der Waals surface area contributed by atoms with Gasteiger partial charge in [0.15, 0.2) is 17.5 Å². The number of nitrogens with one attached hydrogen (secondary N) is 6. The van der Waals surface area contributed by atoms with Gasteiger partial charge in [-0.15, -0.1) is 0 Å². The monoisotopic (exact) mass is 1590 g/mol. The Kier molecular flexibility index (Phi) is 19.6. The fraction of sp³-hybridized carbons (Fsp3) is 0.300. The fourth-order valence-corrected chi connectivity index (χ4v) is 9.99. The molecule has 0 aliphatic rings. The van der Waals surface area contributed by atoms with Crippen LogP contribution in [-0.2, 0) is 30.6 Å². The number of halogens is 3. The lowest BCUT2D eigenvalue weighted by molar-refractivity contribution is 0.202. The average Bonchev–Trinajstić information content (AvgIpc) is 0.784. The van der Waals surface area contributed by atoms with Crippen molar-refractivity contribution in [2.24, 2.45) is 0 Å². The van der Waals surface area contributed by atoms with Crippen LogP contribution in [0.4, 0.5) is 17.5 Å². The highest BCUT2D eigenvalue weighted by Gasteiger charge is 2.23. The molecule has 0 radical (unpaired) electrons. The number of nitrogens with zero attached hydrogens (tertiary/aromatic N) is 12. The van der Waals surface area contributed by atoms with Crippen LogP contribution in [0.2, 0.25) is 0 Å². The lowest BCUT2D eigenvalue weighted by Gasteiger charge is -2.15. The summed E-state index contributed by atoms with van der Waals surface area (Å²) in [7, 11) is -13.5. The van der Waals surface area contributed by atoms with Gasteiger partial charge < -0.3 is 28.4 Å². The van der Waals surface area contributed by atoms with Gasteiger partial charge in [0.05, 0.1) is 33.1 Å². The summed E-state index contributed by atoms with van der Waals surface area (Å²) in [6.45, 7) is -7.11. The molecule has 0 spiro atoms. The van der Waals surface area contributed by atoms with Crippen molar-refractivity contribution in [3.63, 3.8) is 0 Å². The molecule has 0 saturated heterocycles. The van der Waals surface area contributed by atoms with E-state index >= 15 is 0 Å². The Morgan fingerprint density at radius 1 is 0.396 bits per heavy atom. The Bertz CT molecular complexity index is 5370. The number of hydrogen-bond donors (Lipinski definition) is 6. The van der Waals surface area contributed by atoms with Crippen LogP contribution in [0.3, 0.4) is 0 Å². The van der Waals surface area contributed by atoms with Gasteiger partial charge in [-0.1, -0.05) is 105 Å². The quantitative estimate of drug-likeness (QED) is 0.0223. The van der Waals surface area contributed by atoms with Crippen molar-refractivity contribution in [1.82, 2.24) is 74.0 Å². The van der Waals surface area contributed by atoms with E-state index in [1.54, 1.807) is 60.2 Å². The second kappa shape index (κ2) is 37.7. The first kappa shape index (κ1) is 49.9. The van der Waals surface area contributed by atoms with Crippen molar-refractivity contribution in [2.45, 2.75) is 60.8 Å². The molecule has 6 heterocycles. The third kappa shape index (κ3) is 24.9. The van der Waals surface area contributed by atoms with Gasteiger partial charge >= 0.3 is 18.0 Å². The first-order valence-corrected chi connectivity index (χ1v) is 34.1. The smallest absolute Gasteiger partial charge is 0.316 e. The number of hydrogen-bond acceptors (Lipinski definition) is 24. The van der Waals surface area contributed by atoms with E-state index in [0.717, 1.165) is 11.4 Å². The highest BCUT2D eigenvalue weighted by molar-refractivity contribution is 9.11. The van der Waals surface area contributed by atoms with Crippen molar-refractivity contribution in [2.75, 3.05) is 73.2 Å². The highest BCUT2D eigenvalue weighted by Crippen LogP contribution is 2.38. The van der Waals surface area contributed by atoms with Gasteiger partial charge in [-0.2, -0.15) is 39.4 Å². The van der Waals surface area contributed by atoms with Gasteiger partial charge in [-0.3, -0.25) is 14.2 Å². The summed E-state index contributed by atoms with van der Waals surface area (Å²) in [6, 6.07) is 17.7. The van der Waals surface area contributed by atoms with Crippen LogP contribution in [0.15, 0.2) is 142 Å². The molecule has 6 N–H and O–H groups in total. The molecule has 96 heavy (non-hydrogen) atoms. The summed E-state index contributed by atoms with van der Waals surface area (Å²) in [5.41, 5.74) is 1.10. The lowest BCUT2D eigenvalue weighted by Crippen LogP contribution is -2.31. The zero-order valence-electron chi connectivity index (χ0n) is 71.8. The van der Waals surface area contributed by atoms with E-state index in [1.807, 2.05) is 9.44 Å². The van der Waals surface area contributed by atoms with E-state index in [4.69, 9.17) is 57.2 Å². The van der Waals surface area contributed by atoms with Crippen molar-refractivity contribution in [3.8, 4) is 69.1 Å². The molecule has 9 aromatic rings.